The van der Waals surface area contributed by atoms with Crippen LogP contribution in [0.15, 0.2) is 30.4 Å². The molecule has 1 heterocycles. The summed E-state index contributed by atoms with van der Waals surface area (Å²) in [5, 5.41) is 13.8. The van der Waals surface area contributed by atoms with Gasteiger partial charge in [0.05, 0.1) is 5.69 Å². The van der Waals surface area contributed by atoms with Crippen molar-refractivity contribution < 1.29 is 5.11 Å². The van der Waals surface area contributed by atoms with Crippen molar-refractivity contribution in [1.82, 2.24) is 0 Å². The molecule has 0 spiro atoms. The van der Waals surface area contributed by atoms with Gasteiger partial charge in [0.2, 0.25) is 0 Å². The summed E-state index contributed by atoms with van der Waals surface area (Å²) in [6.07, 6.45) is 8.19. The third-order valence-electron chi connectivity index (χ3n) is 4.98. The minimum Gasteiger partial charge on any atom is -0.506 e. The molecule has 0 radical (unpaired) electrons. The number of fused-ring (bicyclic) bond motifs is 3. The van der Waals surface area contributed by atoms with Crippen LogP contribution in [0.5, 0.6) is 5.75 Å². The largest absolute Gasteiger partial charge is 0.506 e. The van der Waals surface area contributed by atoms with Crippen LogP contribution in [0.3, 0.4) is 0 Å². The molecule has 1 aliphatic carbocycles. The average molecular weight is 257 g/mol. The monoisotopic (exact) mass is 257 g/mol. The Hall–Kier alpha value is -1.44. The number of aromatic hydroxyl groups is 1. The van der Waals surface area contributed by atoms with Gasteiger partial charge in [-0.1, -0.05) is 51.0 Å². The predicted octanol–water partition coefficient (Wildman–Crippen LogP) is 4.28. The van der Waals surface area contributed by atoms with Crippen molar-refractivity contribution in [2.75, 3.05) is 5.32 Å². The molecule has 0 unspecified atom stereocenters. The van der Waals surface area contributed by atoms with Gasteiger partial charge >= 0.3 is 0 Å². The summed E-state index contributed by atoms with van der Waals surface area (Å²) in [5.41, 5.74) is 2.23. The highest BCUT2D eigenvalue weighted by molar-refractivity contribution is 5.66. The van der Waals surface area contributed by atoms with E-state index >= 15 is 0 Å². The van der Waals surface area contributed by atoms with Crippen LogP contribution in [-0.4, -0.2) is 11.1 Å². The van der Waals surface area contributed by atoms with E-state index in [2.05, 4.69) is 37.4 Å². The van der Waals surface area contributed by atoms with Gasteiger partial charge in [-0.25, -0.2) is 0 Å². The van der Waals surface area contributed by atoms with Crippen molar-refractivity contribution in [2.45, 2.75) is 45.1 Å². The van der Waals surface area contributed by atoms with Gasteiger partial charge in [-0.2, -0.15) is 0 Å². The molecule has 2 N–H and O–H groups in total. The molecule has 0 aromatic heterocycles. The van der Waals surface area contributed by atoms with Crippen molar-refractivity contribution >= 4 is 5.69 Å². The molecule has 3 rings (SSSR count). The highest BCUT2D eigenvalue weighted by Gasteiger charge is 2.40. The van der Waals surface area contributed by atoms with Crippen molar-refractivity contribution in [3.05, 3.63) is 35.9 Å². The molecule has 2 nitrogen and oxygen atoms in total. The van der Waals surface area contributed by atoms with Crippen LogP contribution in [0.25, 0.3) is 0 Å². The van der Waals surface area contributed by atoms with Crippen LogP contribution in [0, 0.1) is 11.8 Å². The molecule has 0 amide bonds. The number of anilines is 1. The summed E-state index contributed by atoms with van der Waals surface area (Å²) in [6, 6.07) is 6.37. The summed E-state index contributed by atoms with van der Waals surface area (Å²) in [6.45, 7) is 4.54. The minimum atomic E-state index is 0.396. The van der Waals surface area contributed by atoms with Crippen LogP contribution in [0.2, 0.25) is 0 Å². The fourth-order valence-electron chi connectivity index (χ4n) is 3.91. The second-order valence-electron chi connectivity index (χ2n) is 5.84. The van der Waals surface area contributed by atoms with Crippen LogP contribution < -0.4 is 5.32 Å². The minimum absolute atomic E-state index is 0.396. The van der Waals surface area contributed by atoms with Gasteiger partial charge in [-0.05, 0) is 29.9 Å². The molecule has 102 valence electrons. The Kier molecular flexibility index (Phi) is 3.26. The number of benzene rings is 1. The van der Waals surface area contributed by atoms with Crippen molar-refractivity contribution in [3.8, 4) is 5.75 Å². The lowest BCUT2D eigenvalue weighted by molar-refractivity contribution is 0.295. The van der Waals surface area contributed by atoms with E-state index in [1.165, 1.54) is 18.4 Å². The molecule has 1 aromatic rings. The second kappa shape index (κ2) is 4.92. The molecule has 19 heavy (non-hydrogen) atoms. The van der Waals surface area contributed by atoms with E-state index in [0.717, 1.165) is 12.1 Å². The van der Waals surface area contributed by atoms with Crippen molar-refractivity contribution in [2.24, 2.45) is 11.8 Å². The number of para-hydroxylation sites is 1. The van der Waals surface area contributed by atoms with Gasteiger partial charge < -0.3 is 10.4 Å². The zero-order valence-corrected chi connectivity index (χ0v) is 11.8. The van der Waals surface area contributed by atoms with E-state index in [1.54, 1.807) is 6.07 Å². The molecule has 1 aromatic carbocycles. The first-order chi connectivity index (χ1) is 9.26. The summed E-state index contributed by atoms with van der Waals surface area (Å²) in [4.78, 5) is 0. The third-order valence-corrected chi connectivity index (χ3v) is 4.98. The van der Waals surface area contributed by atoms with E-state index in [9.17, 15) is 5.11 Å². The van der Waals surface area contributed by atoms with Crippen LogP contribution in [-0.2, 0) is 0 Å². The van der Waals surface area contributed by atoms with Crippen LogP contribution >= 0.6 is 0 Å². The van der Waals surface area contributed by atoms with Crippen molar-refractivity contribution in [1.29, 1.82) is 0 Å². The van der Waals surface area contributed by atoms with E-state index in [-0.39, 0.29) is 0 Å². The van der Waals surface area contributed by atoms with Gasteiger partial charge in [0.25, 0.3) is 0 Å². The second-order valence-corrected chi connectivity index (χ2v) is 5.84. The Morgan fingerprint density at radius 3 is 2.84 bits per heavy atom. The summed E-state index contributed by atoms with van der Waals surface area (Å²) >= 11 is 0. The summed E-state index contributed by atoms with van der Waals surface area (Å²) in [7, 11) is 0. The Bertz CT molecular complexity index is 490. The highest BCUT2D eigenvalue weighted by Crippen LogP contribution is 2.49. The lowest BCUT2D eigenvalue weighted by Gasteiger charge is -2.41. The number of phenols is 1. The first kappa shape index (κ1) is 12.6. The molecule has 0 saturated heterocycles. The molecule has 2 heteroatoms. The average Bonchev–Trinajstić information content (AvgIpc) is 2.90. The number of nitrogens with one attached hydrogen (secondary N) is 1. The zero-order chi connectivity index (χ0) is 13.4. The maximum atomic E-state index is 10.1. The third kappa shape index (κ3) is 1.94. The number of phenolic OH excluding ortho intramolecular Hbond substituents is 1. The summed E-state index contributed by atoms with van der Waals surface area (Å²) < 4.78 is 0. The molecule has 3 atom stereocenters. The quantitative estimate of drug-likeness (QED) is 0.625. The first-order valence-electron chi connectivity index (χ1n) is 7.51. The maximum Gasteiger partial charge on any atom is 0.138 e. The topological polar surface area (TPSA) is 32.3 Å². The molecule has 1 aliphatic heterocycles. The van der Waals surface area contributed by atoms with E-state index in [0.29, 0.717) is 29.5 Å². The molecule has 0 fully saturated rings. The number of hydrogen-bond donors (Lipinski definition) is 2. The lowest BCUT2D eigenvalue weighted by Crippen LogP contribution is -2.41. The smallest absolute Gasteiger partial charge is 0.138 e. The Balaban J connectivity index is 2.02. The molecule has 2 aliphatic rings. The Morgan fingerprint density at radius 2 is 2.11 bits per heavy atom. The van der Waals surface area contributed by atoms with Gasteiger partial charge in [0.15, 0.2) is 0 Å². The summed E-state index contributed by atoms with van der Waals surface area (Å²) in [5.74, 6) is 2.21. The maximum absolute atomic E-state index is 10.1. The predicted molar refractivity (Wildman–Crippen MR) is 79.6 cm³/mol. The zero-order valence-electron chi connectivity index (χ0n) is 11.8. The fourth-order valence-corrected chi connectivity index (χ4v) is 3.91. The Morgan fingerprint density at radius 1 is 1.32 bits per heavy atom. The standard InChI is InChI=1S/C17H23NO/c1-3-11(4-2)16-13-8-5-7-12(13)14-9-6-10-15(19)17(14)18-16/h5-7,9-13,16,18-19H,3-4,8H2,1-2H3/t12-,13+,16+/m0/s1. The lowest BCUT2D eigenvalue weighted by atomic mass is 9.73. The van der Waals surface area contributed by atoms with Crippen molar-refractivity contribution in [3.63, 3.8) is 0 Å². The molecular weight excluding hydrogens is 234 g/mol. The van der Waals surface area contributed by atoms with Gasteiger partial charge in [0.1, 0.15) is 5.75 Å². The van der Waals surface area contributed by atoms with Gasteiger partial charge in [-0.3, -0.25) is 0 Å². The fraction of sp³-hybridized carbons (Fsp3) is 0.529. The van der Waals surface area contributed by atoms with Crippen LogP contribution in [0.1, 0.15) is 44.6 Å². The van der Waals surface area contributed by atoms with E-state index in [1.807, 2.05) is 6.07 Å². The molecular formula is C17H23NO. The van der Waals surface area contributed by atoms with E-state index < -0.39 is 0 Å². The number of rotatable bonds is 3. The van der Waals surface area contributed by atoms with Gasteiger partial charge in [0, 0.05) is 12.0 Å². The normalized spacial score (nSPS) is 28.1. The van der Waals surface area contributed by atoms with E-state index in [4.69, 9.17) is 0 Å². The molecule has 0 saturated carbocycles. The first-order valence-corrected chi connectivity index (χ1v) is 7.51. The SMILES string of the molecule is CCC(CC)[C@H]1Nc2c(O)cccc2[C@H]2C=CC[C@H]21. The highest BCUT2D eigenvalue weighted by atomic mass is 16.3. The number of hydrogen-bond acceptors (Lipinski definition) is 2. The number of allylic oxidation sites excluding steroid dienone is 2. The van der Waals surface area contributed by atoms with Crippen LogP contribution in [0.4, 0.5) is 5.69 Å². The Labute approximate surface area is 115 Å². The molecule has 0 bridgehead atoms. The van der Waals surface area contributed by atoms with Gasteiger partial charge in [-0.15, -0.1) is 0 Å².